The van der Waals surface area contributed by atoms with E-state index in [4.69, 9.17) is 13.9 Å². The Hall–Kier alpha value is -3.26. The van der Waals surface area contributed by atoms with Gasteiger partial charge < -0.3 is 24.3 Å². The third-order valence-electron chi connectivity index (χ3n) is 7.92. The number of furan rings is 1. The van der Waals surface area contributed by atoms with Crippen molar-refractivity contribution in [3.8, 4) is 16.9 Å². The van der Waals surface area contributed by atoms with Crippen molar-refractivity contribution in [3.05, 3.63) is 48.1 Å². The van der Waals surface area contributed by atoms with Crippen LogP contribution in [0.1, 0.15) is 36.5 Å². The van der Waals surface area contributed by atoms with Crippen molar-refractivity contribution < 1.29 is 28.6 Å². The number of hydrogen-bond donors (Lipinski definition) is 2. The molecular formula is C26H30N2O6. The maximum atomic E-state index is 14.1. The van der Waals surface area contributed by atoms with E-state index in [9.17, 15) is 14.7 Å². The highest BCUT2D eigenvalue weighted by molar-refractivity contribution is 6.17. The summed E-state index contributed by atoms with van der Waals surface area (Å²) in [6, 6.07) is 5.59. The van der Waals surface area contributed by atoms with E-state index < -0.39 is 11.5 Å². The van der Waals surface area contributed by atoms with Crippen LogP contribution in [-0.4, -0.2) is 60.6 Å². The highest BCUT2D eigenvalue weighted by Gasteiger charge is 2.60. The summed E-state index contributed by atoms with van der Waals surface area (Å²) < 4.78 is 16.1. The van der Waals surface area contributed by atoms with Crippen LogP contribution in [0.5, 0.6) is 5.75 Å². The van der Waals surface area contributed by atoms with Gasteiger partial charge in [-0.2, -0.15) is 0 Å². The Balaban J connectivity index is 1.54. The summed E-state index contributed by atoms with van der Waals surface area (Å²) in [5.74, 6) is -0.425. The number of benzene rings is 1. The Kier molecular flexibility index (Phi) is 5.64. The molecule has 0 amide bonds. The number of aliphatic carboxylic acids is 1. The van der Waals surface area contributed by atoms with Crippen molar-refractivity contribution in [3.63, 3.8) is 0 Å². The van der Waals surface area contributed by atoms with E-state index >= 15 is 0 Å². The minimum absolute atomic E-state index is 0.0125. The van der Waals surface area contributed by atoms with Crippen LogP contribution in [0.3, 0.4) is 0 Å². The van der Waals surface area contributed by atoms with E-state index in [-0.39, 0.29) is 29.2 Å². The number of hydrogen-bond acceptors (Lipinski definition) is 7. The maximum Gasteiger partial charge on any atom is 0.334 e. The molecule has 0 saturated carbocycles. The fourth-order valence-electron chi connectivity index (χ4n) is 6.30. The normalized spacial score (nSPS) is 28.5. The number of piperidine rings is 1. The minimum atomic E-state index is -0.966. The average Bonchev–Trinajstić information content (AvgIpc) is 3.56. The van der Waals surface area contributed by atoms with Gasteiger partial charge >= 0.3 is 5.97 Å². The van der Waals surface area contributed by atoms with Crippen LogP contribution in [0.4, 0.5) is 5.69 Å². The van der Waals surface area contributed by atoms with Gasteiger partial charge in [0.1, 0.15) is 11.3 Å². The van der Waals surface area contributed by atoms with Crippen molar-refractivity contribution >= 4 is 17.4 Å². The monoisotopic (exact) mass is 466 g/mol. The van der Waals surface area contributed by atoms with Gasteiger partial charge in [0.25, 0.3) is 0 Å². The summed E-state index contributed by atoms with van der Waals surface area (Å²) in [6.45, 7) is 3.63. The highest BCUT2D eigenvalue weighted by Crippen LogP contribution is 2.52. The van der Waals surface area contributed by atoms with Gasteiger partial charge in [0.2, 0.25) is 0 Å². The Morgan fingerprint density at radius 3 is 2.82 bits per heavy atom. The molecule has 3 aliphatic heterocycles. The van der Waals surface area contributed by atoms with Gasteiger partial charge in [-0.05, 0) is 42.9 Å². The Labute approximate surface area is 198 Å². The van der Waals surface area contributed by atoms with Crippen molar-refractivity contribution in [2.45, 2.75) is 37.8 Å². The molecule has 2 saturated heterocycles. The van der Waals surface area contributed by atoms with Gasteiger partial charge in [-0.25, -0.2) is 4.79 Å². The number of carboxylic acids is 1. The molecule has 8 heteroatoms. The predicted octanol–water partition coefficient (Wildman–Crippen LogP) is 4.04. The number of ether oxygens (including phenoxy) is 2. The highest BCUT2D eigenvalue weighted by atomic mass is 16.5. The largest absolute Gasteiger partial charge is 0.504 e. The number of nitrogens with zero attached hydrogens (tertiary/aromatic N) is 1. The lowest BCUT2D eigenvalue weighted by Crippen LogP contribution is -2.57. The molecular weight excluding hydrogens is 436 g/mol. The summed E-state index contributed by atoms with van der Waals surface area (Å²) in [5, 5.41) is 13.4. The number of methoxy groups -OCH3 is 2. The third-order valence-corrected chi connectivity index (χ3v) is 7.92. The molecule has 0 bridgehead atoms. The van der Waals surface area contributed by atoms with Crippen molar-refractivity contribution in [1.29, 1.82) is 0 Å². The number of nitrogens with one attached hydrogen (secondary N) is 1. The molecule has 2 aromatic rings. The molecule has 2 unspecified atom stereocenters. The summed E-state index contributed by atoms with van der Waals surface area (Å²) in [5.41, 5.74) is 2.44. The molecule has 1 aromatic heterocycles. The van der Waals surface area contributed by atoms with Gasteiger partial charge in [0.15, 0.2) is 5.78 Å². The Bertz CT molecular complexity index is 1140. The molecule has 0 radical (unpaired) electrons. The van der Waals surface area contributed by atoms with Crippen molar-refractivity contribution in [1.82, 2.24) is 4.90 Å². The lowest BCUT2D eigenvalue weighted by molar-refractivity contribution is -0.134. The van der Waals surface area contributed by atoms with Gasteiger partial charge in [-0.1, -0.05) is 13.3 Å². The zero-order valence-corrected chi connectivity index (χ0v) is 19.7. The number of carbonyl (C=O) groups excluding carboxylic acids is 1. The second-order valence-electron chi connectivity index (χ2n) is 9.39. The van der Waals surface area contributed by atoms with Crippen LogP contribution in [0.15, 0.2) is 47.0 Å². The zero-order chi connectivity index (χ0) is 24.0. The Morgan fingerprint density at radius 2 is 2.18 bits per heavy atom. The van der Waals surface area contributed by atoms with Crippen LogP contribution < -0.4 is 10.1 Å². The van der Waals surface area contributed by atoms with E-state index in [2.05, 4.69) is 17.1 Å². The molecule has 34 heavy (non-hydrogen) atoms. The van der Waals surface area contributed by atoms with Gasteiger partial charge in [0, 0.05) is 35.9 Å². The minimum Gasteiger partial charge on any atom is -0.504 e. The molecule has 4 heterocycles. The van der Waals surface area contributed by atoms with E-state index in [1.54, 1.807) is 19.6 Å². The molecule has 2 N–H and O–H groups in total. The first-order valence-electron chi connectivity index (χ1n) is 11.7. The summed E-state index contributed by atoms with van der Waals surface area (Å²) in [6.07, 6.45) is 6.68. The molecule has 4 atom stereocenters. The molecule has 8 nitrogen and oxygen atoms in total. The lowest BCUT2D eigenvalue weighted by atomic mass is 9.72. The fourth-order valence-corrected chi connectivity index (χ4v) is 6.30. The van der Waals surface area contributed by atoms with Crippen LogP contribution in [0, 0.1) is 11.8 Å². The van der Waals surface area contributed by atoms with Crippen LogP contribution in [0.2, 0.25) is 0 Å². The lowest BCUT2D eigenvalue weighted by Gasteiger charge is -2.45. The summed E-state index contributed by atoms with van der Waals surface area (Å²) >= 11 is 0. The fraction of sp³-hybridized carbons (Fsp3) is 0.462. The summed E-state index contributed by atoms with van der Waals surface area (Å²) in [4.78, 5) is 28.5. The average molecular weight is 467 g/mol. The van der Waals surface area contributed by atoms with Gasteiger partial charge in [0.05, 0.1) is 44.1 Å². The third kappa shape index (κ3) is 3.23. The molecule has 5 rings (SSSR count). The first kappa shape index (κ1) is 22.5. The number of anilines is 1. The Morgan fingerprint density at radius 1 is 1.35 bits per heavy atom. The SMILES string of the molecule is CC[C@@H]1CN2CCC3(Nc4ccc(-c5ccoc5)c(OC)c4C3=O)C2C[C@@H]1C(=COC)C(=O)O. The van der Waals surface area contributed by atoms with Gasteiger partial charge in [-0.3, -0.25) is 9.69 Å². The van der Waals surface area contributed by atoms with Crippen LogP contribution in [0.25, 0.3) is 11.1 Å². The smallest absolute Gasteiger partial charge is 0.334 e. The van der Waals surface area contributed by atoms with Crippen LogP contribution in [-0.2, 0) is 9.53 Å². The summed E-state index contributed by atoms with van der Waals surface area (Å²) in [7, 11) is 3.05. The topological polar surface area (TPSA) is 101 Å². The number of rotatable bonds is 6. The maximum absolute atomic E-state index is 14.1. The standard InChI is InChI=1S/C26H30N2O6/c1-4-15-12-28-9-8-26(21(28)11-18(15)19(14-32-2)25(30)31)24(29)22-20(27-26)6-5-17(23(22)33-3)16-7-10-34-13-16/h5-7,10,13-15,18,21,27H,4,8-9,11-12H2,1-3H3,(H,30,31)/t15-,18+,21?,26?/m1/s1. The molecule has 3 aliphatic rings. The van der Waals surface area contributed by atoms with Crippen molar-refractivity contribution in [2.75, 3.05) is 32.6 Å². The van der Waals surface area contributed by atoms with Gasteiger partial charge in [-0.15, -0.1) is 0 Å². The molecule has 0 aliphatic carbocycles. The zero-order valence-electron chi connectivity index (χ0n) is 19.7. The molecule has 180 valence electrons. The van der Waals surface area contributed by atoms with E-state index in [0.717, 1.165) is 36.3 Å². The number of ketones is 1. The van der Waals surface area contributed by atoms with E-state index in [0.29, 0.717) is 24.2 Å². The predicted molar refractivity (Wildman–Crippen MR) is 126 cm³/mol. The van der Waals surface area contributed by atoms with Crippen molar-refractivity contribution in [2.24, 2.45) is 11.8 Å². The number of fused-ring (bicyclic) bond motifs is 3. The number of Topliss-reactive ketones (excluding diaryl/α,β-unsaturated/α-hetero) is 1. The second kappa shape index (κ2) is 8.51. The number of carboxylic acid groups (broad SMARTS) is 1. The second-order valence-corrected chi connectivity index (χ2v) is 9.39. The molecule has 2 fully saturated rings. The van der Waals surface area contributed by atoms with Crippen LogP contribution >= 0.6 is 0 Å². The quantitative estimate of drug-likeness (QED) is 0.486. The number of carbonyl (C=O) groups is 2. The molecule has 1 aromatic carbocycles. The first-order chi connectivity index (χ1) is 16.4. The molecule has 1 spiro atoms. The van der Waals surface area contributed by atoms with E-state index in [1.165, 1.54) is 13.4 Å². The van der Waals surface area contributed by atoms with E-state index in [1.807, 2.05) is 18.2 Å². The first-order valence-corrected chi connectivity index (χ1v) is 11.7.